The lowest BCUT2D eigenvalue weighted by atomic mass is 9.32. The van der Waals surface area contributed by atoms with Crippen molar-refractivity contribution in [1.29, 1.82) is 0 Å². The molecule has 5 nitrogen and oxygen atoms in total. The number of carbonyl (C=O) groups excluding carboxylic acids is 1. The number of hydrogen-bond acceptors (Lipinski definition) is 5. The molecular formula is C30H48O5. The molecule has 6 fully saturated rings. The van der Waals surface area contributed by atoms with Gasteiger partial charge in [0.25, 0.3) is 0 Å². The Bertz CT molecular complexity index is 938. The molecule has 0 amide bonds. The van der Waals surface area contributed by atoms with Crippen LogP contribution in [0.2, 0.25) is 0 Å². The van der Waals surface area contributed by atoms with Crippen molar-refractivity contribution < 1.29 is 24.9 Å². The fraction of sp³-hybridized carbons (Fsp3) is 0.967. The van der Waals surface area contributed by atoms with Crippen molar-refractivity contribution in [1.82, 2.24) is 0 Å². The molecule has 1 aliphatic heterocycles. The lowest BCUT2D eigenvalue weighted by Crippen LogP contribution is -2.68. The summed E-state index contributed by atoms with van der Waals surface area (Å²) in [4.78, 5) is 13.3. The minimum atomic E-state index is -1.01. The molecule has 5 saturated carbocycles. The molecule has 2 bridgehead atoms. The first-order valence-corrected chi connectivity index (χ1v) is 14.4. The quantitative estimate of drug-likeness (QED) is 0.466. The number of aliphatic hydroxyl groups is 3. The van der Waals surface area contributed by atoms with E-state index in [1.807, 2.05) is 13.8 Å². The zero-order chi connectivity index (χ0) is 25.6. The fourth-order valence-electron chi connectivity index (χ4n) is 12.2. The van der Waals surface area contributed by atoms with Crippen LogP contribution in [-0.2, 0) is 9.53 Å². The monoisotopic (exact) mass is 488 g/mol. The van der Waals surface area contributed by atoms with Gasteiger partial charge in [0.15, 0.2) is 0 Å². The molecule has 0 aromatic rings. The molecule has 3 N–H and O–H groups in total. The molecule has 1 saturated heterocycles. The Morgan fingerprint density at radius 1 is 0.857 bits per heavy atom. The van der Waals surface area contributed by atoms with Gasteiger partial charge in [0.05, 0.1) is 11.7 Å². The van der Waals surface area contributed by atoms with E-state index >= 15 is 0 Å². The van der Waals surface area contributed by atoms with E-state index in [0.29, 0.717) is 24.2 Å². The molecular weight excluding hydrogens is 440 g/mol. The zero-order valence-electron chi connectivity index (χ0n) is 22.9. The number of fused-ring (bicyclic) bond motifs is 7. The summed E-state index contributed by atoms with van der Waals surface area (Å²) in [7, 11) is 0. The van der Waals surface area contributed by atoms with E-state index in [0.717, 1.165) is 44.9 Å². The van der Waals surface area contributed by atoms with Gasteiger partial charge in [-0.3, -0.25) is 4.79 Å². The predicted molar refractivity (Wildman–Crippen MR) is 133 cm³/mol. The van der Waals surface area contributed by atoms with Gasteiger partial charge >= 0.3 is 5.97 Å². The van der Waals surface area contributed by atoms with Gasteiger partial charge in [0, 0.05) is 5.92 Å². The summed E-state index contributed by atoms with van der Waals surface area (Å²) < 4.78 is 5.76. The number of aliphatic hydroxyl groups excluding tert-OH is 2. The third kappa shape index (κ3) is 2.60. The van der Waals surface area contributed by atoms with E-state index in [4.69, 9.17) is 4.74 Å². The third-order valence-corrected chi connectivity index (χ3v) is 14.0. The van der Waals surface area contributed by atoms with Crippen molar-refractivity contribution >= 4 is 5.97 Å². The lowest BCUT2D eigenvalue weighted by Gasteiger charge is -2.73. The van der Waals surface area contributed by atoms with Gasteiger partial charge < -0.3 is 20.1 Å². The maximum Gasteiger partial charge on any atom is 0.315 e. The van der Waals surface area contributed by atoms with Crippen molar-refractivity contribution in [3.05, 3.63) is 0 Å². The summed E-state index contributed by atoms with van der Waals surface area (Å²) in [5, 5.41) is 33.6. The molecule has 1 heterocycles. The first-order valence-electron chi connectivity index (χ1n) is 14.4. The zero-order valence-corrected chi connectivity index (χ0v) is 22.9. The summed E-state index contributed by atoms with van der Waals surface area (Å²) in [5.41, 5.74) is -1.52. The van der Waals surface area contributed by atoms with Crippen molar-refractivity contribution in [3.63, 3.8) is 0 Å². The van der Waals surface area contributed by atoms with E-state index in [1.165, 1.54) is 0 Å². The maximum absolute atomic E-state index is 13.3. The normalized spacial score (nSPS) is 58.6. The summed E-state index contributed by atoms with van der Waals surface area (Å²) in [6.07, 6.45) is 6.46. The number of esters is 1. The average molecular weight is 489 g/mol. The van der Waals surface area contributed by atoms with Crippen LogP contribution in [0.25, 0.3) is 0 Å². The minimum absolute atomic E-state index is 0.0320. The standard InChI is InChI=1S/C30H48O5/c1-25(2)17-10-13-29(7)18(27(17,5)12-11-19(25)31)9-8-16-20-21(26(3,4)34)22-23(32)30(20,24(33)35-22)15-14-28(16,29)6/h16-23,31-32,34H,8-15H2,1-7H3. The van der Waals surface area contributed by atoms with Crippen molar-refractivity contribution in [2.75, 3.05) is 0 Å². The topological polar surface area (TPSA) is 87.0 Å². The molecule has 5 heteroatoms. The van der Waals surface area contributed by atoms with E-state index < -0.39 is 23.2 Å². The van der Waals surface area contributed by atoms with Gasteiger partial charge in [-0.1, -0.05) is 34.6 Å². The number of carbonyl (C=O) groups is 1. The van der Waals surface area contributed by atoms with Crippen LogP contribution >= 0.6 is 0 Å². The highest BCUT2D eigenvalue weighted by molar-refractivity contribution is 5.82. The molecule has 12 unspecified atom stereocenters. The van der Waals surface area contributed by atoms with Crippen LogP contribution in [0.15, 0.2) is 0 Å². The van der Waals surface area contributed by atoms with Gasteiger partial charge in [-0.05, 0) is 111 Å². The Balaban J connectivity index is 1.43. The highest BCUT2D eigenvalue weighted by Crippen LogP contribution is 2.78. The first kappa shape index (κ1) is 24.7. The highest BCUT2D eigenvalue weighted by Gasteiger charge is 2.80. The van der Waals surface area contributed by atoms with Crippen molar-refractivity contribution in [2.45, 2.75) is 124 Å². The van der Waals surface area contributed by atoms with Crippen LogP contribution in [-0.4, -0.2) is 45.2 Å². The molecule has 5 aliphatic carbocycles. The Kier molecular flexibility index (Phi) is 4.83. The van der Waals surface area contributed by atoms with Crippen molar-refractivity contribution in [2.24, 2.45) is 56.7 Å². The molecule has 0 radical (unpaired) electrons. The van der Waals surface area contributed by atoms with Crippen LogP contribution in [0.5, 0.6) is 0 Å². The lowest BCUT2D eigenvalue weighted by molar-refractivity contribution is -0.258. The molecule has 35 heavy (non-hydrogen) atoms. The second-order valence-corrected chi connectivity index (χ2v) is 15.6. The van der Waals surface area contributed by atoms with E-state index in [9.17, 15) is 20.1 Å². The van der Waals surface area contributed by atoms with Crippen molar-refractivity contribution in [3.8, 4) is 0 Å². The highest BCUT2D eigenvalue weighted by atomic mass is 16.6. The number of ether oxygens (including phenoxy) is 1. The SMILES string of the molecule is CC(C)(O)C1C2OC(=O)C3(CCC4(C)C(CCC5C6(C)CCC(O)C(C)(C)C6CCC54C)C13)C2O. The first-order chi connectivity index (χ1) is 16.1. The fourth-order valence-corrected chi connectivity index (χ4v) is 12.2. The van der Waals surface area contributed by atoms with E-state index in [2.05, 4.69) is 34.6 Å². The van der Waals surface area contributed by atoms with Gasteiger partial charge in [-0.2, -0.15) is 0 Å². The summed E-state index contributed by atoms with van der Waals surface area (Å²) in [6.45, 7) is 15.8. The van der Waals surface area contributed by atoms with Crippen LogP contribution in [0, 0.1) is 56.7 Å². The van der Waals surface area contributed by atoms with Gasteiger partial charge in [-0.25, -0.2) is 0 Å². The van der Waals surface area contributed by atoms with Gasteiger partial charge in [0.2, 0.25) is 0 Å². The predicted octanol–water partition coefficient (Wildman–Crippen LogP) is 4.71. The Morgan fingerprint density at radius 2 is 1.54 bits per heavy atom. The smallest absolute Gasteiger partial charge is 0.315 e. The molecule has 0 aromatic heterocycles. The second-order valence-electron chi connectivity index (χ2n) is 15.6. The average Bonchev–Trinajstić information content (AvgIpc) is 3.14. The minimum Gasteiger partial charge on any atom is -0.459 e. The number of rotatable bonds is 1. The molecule has 1 spiro atoms. The van der Waals surface area contributed by atoms with Crippen LogP contribution in [0.3, 0.4) is 0 Å². The number of hydrogen-bond donors (Lipinski definition) is 3. The van der Waals surface area contributed by atoms with Crippen LogP contribution in [0.1, 0.15) is 99.8 Å². The summed E-state index contributed by atoms with van der Waals surface area (Å²) >= 11 is 0. The van der Waals surface area contributed by atoms with Crippen LogP contribution < -0.4 is 0 Å². The van der Waals surface area contributed by atoms with E-state index in [1.54, 1.807) is 0 Å². The largest absolute Gasteiger partial charge is 0.459 e. The Labute approximate surface area is 211 Å². The summed E-state index contributed by atoms with van der Waals surface area (Å²) in [5.74, 6) is 0.936. The summed E-state index contributed by atoms with van der Waals surface area (Å²) in [6, 6.07) is 0. The molecule has 198 valence electrons. The molecule has 6 aliphatic rings. The molecule has 0 aromatic carbocycles. The van der Waals surface area contributed by atoms with Gasteiger partial charge in [0.1, 0.15) is 17.6 Å². The van der Waals surface area contributed by atoms with Crippen LogP contribution in [0.4, 0.5) is 0 Å². The second kappa shape index (κ2) is 6.86. The molecule has 6 rings (SSSR count). The van der Waals surface area contributed by atoms with Gasteiger partial charge in [-0.15, -0.1) is 0 Å². The Hall–Kier alpha value is -0.650. The van der Waals surface area contributed by atoms with E-state index in [-0.39, 0.29) is 45.6 Å². The maximum atomic E-state index is 13.3. The molecule has 12 atom stereocenters. The third-order valence-electron chi connectivity index (χ3n) is 14.0. The Morgan fingerprint density at radius 3 is 2.20 bits per heavy atom.